The maximum atomic E-state index is 13.2. The molecule has 0 aliphatic heterocycles. The minimum atomic E-state index is -1.25. The third kappa shape index (κ3) is 4.70. The summed E-state index contributed by atoms with van der Waals surface area (Å²) < 4.78 is 26.0. The molecular formula is C11H10F2N2O4. The van der Waals surface area contributed by atoms with Gasteiger partial charge in [-0.1, -0.05) is 6.07 Å². The summed E-state index contributed by atoms with van der Waals surface area (Å²) >= 11 is 0. The summed E-state index contributed by atoms with van der Waals surface area (Å²) in [7, 11) is 0. The Labute approximate surface area is 106 Å². The zero-order valence-electron chi connectivity index (χ0n) is 9.57. The van der Waals surface area contributed by atoms with Gasteiger partial charge in [0.15, 0.2) is 11.6 Å². The fourth-order valence-corrected chi connectivity index (χ4v) is 1.16. The van der Waals surface area contributed by atoms with Gasteiger partial charge in [0.25, 0.3) is 0 Å². The van der Waals surface area contributed by atoms with Crippen LogP contribution in [0.5, 0.6) is 0 Å². The second kappa shape index (κ2) is 6.43. The first-order valence-corrected chi connectivity index (χ1v) is 5.17. The van der Waals surface area contributed by atoms with Gasteiger partial charge < -0.3 is 10.4 Å². The van der Waals surface area contributed by atoms with Crippen molar-refractivity contribution in [3.63, 3.8) is 0 Å². The largest absolute Gasteiger partial charge is 0.481 e. The van der Waals surface area contributed by atoms with Crippen LogP contribution in [-0.2, 0) is 9.59 Å². The number of anilines is 1. The van der Waals surface area contributed by atoms with Crippen LogP contribution in [0.3, 0.4) is 0 Å². The van der Waals surface area contributed by atoms with Crippen molar-refractivity contribution >= 4 is 23.6 Å². The summed E-state index contributed by atoms with van der Waals surface area (Å²) in [5.41, 5.74) is -0.427. The molecule has 0 fully saturated rings. The molecule has 1 aromatic rings. The average Bonchev–Trinajstić information content (AvgIpc) is 2.32. The van der Waals surface area contributed by atoms with Crippen molar-refractivity contribution in [1.82, 2.24) is 5.32 Å². The Morgan fingerprint density at radius 1 is 1.16 bits per heavy atom. The van der Waals surface area contributed by atoms with Gasteiger partial charge in [-0.2, -0.15) is 0 Å². The number of hydrogen-bond acceptors (Lipinski definition) is 3. The number of hydrogen-bond donors (Lipinski definition) is 3. The summed E-state index contributed by atoms with van der Waals surface area (Å²) in [6.45, 7) is 0. The normalized spacial score (nSPS) is 9.79. The van der Waals surface area contributed by atoms with E-state index in [1.165, 1.54) is 6.07 Å². The smallest absolute Gasteiger partial charge is 0.325 e. The number of amides is 3. The Hall–Kier alpha value is -2.51. The number of imide groups is 1. The Kier molecular flexibility index (Phi) is 4.92. The summed E-state index contributed by atoms with van der Waals surface area (Å²) in [6.07, 6.45) is -0.832. The van der Waals surface area contributed by atoms with Gasteiger partial charge in [0.2, 0.25) is 5.91 Å². The molecule has 0 radical (unpaired) electrons. The van der Waals surface area contributed by atoms with Crippen LogP contribution in [0.2, 0.25) is 0 Å². The van der Waals surface area contributed by atoms with E-state index >= 15 is 0 Å². The van der Waals surface area contributed by atoms with Gasteiger partial charge in [-0.25, -0.2) is 13.6 Å². The molecule has 0 saturated carbocycles. The molecule has 0 unspecified atom stereocenters. The van der Waals surface area contributed by atoms with E-state index in [1.807, 2.05) is 5.32 Å². The van der Waals surface area contributed by atoms with Gasteiger partial charge in [0.05, 0.1) is 12.1 Å². The summed E-state index contributed by atoms with van der Waals surface area (Å²) in [5, 5.41) is 12.1. The van der Waals surface area contributed by atoms with Crippen molar-refractivity contribution < 1.29 is 28.3 Å². The highest BCUT2D eigenvalue weighted by Crippen LogP contribution is 2.16. The zero-order chi connectivity index (χ0) is 14.4. The van der Waals surface area contributed by atoms with Crippen molar-refractivity contribution in [1.29, 1.82) is 0 Å². The third-order valence-electron chi connectivity index (χ3n) is 2.02. The Morgan fingerprint density at radius 2 is 1.84 bits per heavy atom. The monoisotopic (exact) mass is 272 g/mol. The molecule has 0 aliphatic carbocycles. The third-order valence-corrected chi connectivity index (χ3v) is 2.02. The van der Waals surface area contributed by atoms with Crippen molar-refractivity contribution in [3.05, 3.63) is 29.8 Å². The van der Waals surface area contributed by atoms with Crippen LogP contribution in [0.25, 0.3) is 0 Å². The molecule has 0 saturated heterocycles. The molecule has 102 valence electrons. The average molecular weight is 272 g/mol. The predicted molar refractivity (Wildman–Crippen MR) is 60.4 cm³/mol. The lowest BCUT2D eigenvalue weighted by molar-refractivity contribution is -0.138. The number of carboxylic acid groups (broad SMARTS) is 1. The van der Waals surface area contributed by atoms with Gasteiger partial charge in [-0.3, -0.25) is 14.9 Å². The van der Waals surface area contributed by atoms with Crippen molar-refractivity contribution in [2.24, 2.45) is 0 Å². The van der Waals surface area contributed by atoms with Crippen LogP contribution < -0.4 is 10.6 Å². The van der Waals surface area contributed by atoms with E-state index in [1.54, 1.807) is 5.32 Å². The molecule has 6 nitrogen and oxygen atoms in total. The minimum absolute atomic E-state index is 0.394. The molecule has 0 spiro atoms. The lowest BCUT2D eigenvalue weighted by Crippen LogP contribution is -2.34. The first kappa shape index (κ1) is 14.6. The highest BCUT2D eigenvalue weighted by atomic mass is 19.2. The molecule has 19 heavy (non-hydrogen) atoms. The number of carbonyl (C=O) groups excluding carboxylic acids is 2. The maximum Gasteiger partial charge on any atom is 0.325 e. The van der Waals surface area contributed by atoms with E-state index < -0.39 is 48.1 Å². The second-order valence-electron chi connectivity index (χ2n) is 3.50. The molecule has 0 aliphatic rings. The Balaban J connectivity index is 2.53. The van der Waals surface area contributed by atoms with E-state index in [-0.39, 0.29) is 0 Å². The number of urea groups is 1. The van der Waals surface area contributed by atoms with Crippen molar-refractivity contribution in [3.8, 4) is 0 Å². The number of carbonyl (C=O) groups is 3. The van der Waals surface area contributed by atoms with Crippen LogP contribution in [0.15, 0.2) is 18.2 Å². The maximum absolute atomic E-state index is 13.2. The Morgan fingerprint density at radius 3 is 2.47 bits per heavy atom. The number of rotatable bonds is 4. The lowest BCUT2D eigenvalue weighted by atomic mass is 10.3. The minimum Gasteiger partial charge on any atom is -0.481 e. The quantitative estimate of drug-likeness (QED) is 0.773. The second-order valence-corrected chi connectivity index (χ2v) is 3.50. The SMILES string of the molecule is O=C(O)CCC(=O)NC(=O)Nc1cccc(F)c1F. The van der Waals surface area contributed by atoms with Gasteiger partial charge in [0, 0.05) is 6.42 Å². The first-order chi connectivity index (χ1) is 8.90. The molecule has 3 amide bonds. The molecule has 0 aromatic heterocycles. The number of halogens is 2. The molecule has 8 heteroatoms. The lowest BCUT2D eigenvalue weighted by Gasteiger charge is -2.07. The molecule has 1 aromatic carbocycles. The predicted octanol–water partition coefficient (Wildman–Crippen LogP) is 1.48. The topological polar surface area (TPSA) is 95.5 Å². The van der Waals surface area contributed by atoms with E-state index in [0.29, 0.717) is 0 Å². The van der Waals surface area contributed by atoms with E-state index in [9.17, 15) is 23.2 Å². The standard InChI is InChI=1S/C11H10F2N2O4/c12-6-2-1-3-7(10(6)13)14-11(19)15-8(16)4-5-9(17)18/h1-3H,4-5H2,(H,17,18)(H2,14,15,16,19). The fourth-order valence-electron chi connectivity index (χ4n) is 1.16. The molecule has 0 heterocycles. The number of carboxylic acids is 1. The van der Waals surface area contributed by atoms with Gasteiger partial charge in [0.1, 0.15) is 0 Å². The van der Waals surface area contributed by atoms with Gasteiger partial charge in [-0.15, -0.1) is 0 Å². The fraction of sp³-hybridized carbons (Fsp3) is 0.182. The summed E-state index contributed by atoms with van der Waals surface area (Å²) in [6, 6.07) is 2.09. The first-order valence-electron chi connectivity index (χ1n) is 5.17. The van der Waals surface area contributed by atoms with Crippen LogP contribution in [0, 0.1) is 11.6 Å². The number of aliphatic carboxylic acids is 1. The van der Waals surface area contributed by atoms with Crippen LogP contribution >= 0.6 is 0 Å². The van der Waals surface area contributed by atoms with Crippen LogP contribution in [-0.4, -0.2) is 23.0 Å². The highest BCUT2D eigenvalue weighted by Gasteiger charge is 2.13. The van der Waals surface area contributed by atoms with Crippen LogP contribution in [0.1, 0.15) is 12.8 Å². The number of nitrogens with one attached hydrogen (secondary N) is 2. The van der Waals surface area contributed by atoms with E-state index in [2.05, 4.69) is 0 Å². The number of benzene rings is 1. The van der Waals surface area contributed by atoms with Crippen LogP contribution in [0.4, 0.5) is 19.3 Å². The Bertz CT molecular complexity index is 519. The summed E-state index contributed by atoms with van der Waals surface area (Å²) in [4.78, 5) is 32.5. The molecule has 1 rings (SSSR count). The molecule has 3 N–H and O–H groups in total. The summed E-state index contributed by atoms with van der Waals surface area (Å²) in [5.74, 6) is -4.42. The van der Waals surface area contributed by atoms with Crippen molar-refractivity contribution in [2.45, 2.75) is 12.8 Å². The van der Waals surface area contributed by atoms with E-state index in [0.717, 1.165) is 12.1 Å². The molecule has 0 atom stereocenters. The molecule has 0 bridgehead atoms. The van der Waals surface area contributed by atoms with E-state index in [4.69, 9.17) is 5.11 Å². The molecular weight excluding hydrogens is 262 g/mol. The van der Waals surface area contributed by atoms with Gasteiger partial charge in [-0.05, 0) is 12.1 Å². The van der Waals surface area contributed by atoms with Gasteiger partial charge >= 0.3 is 12.0 Å². The highest BCUT2D eigenvalue weighted by molar-refractivity contribution is 6.01. The van der Waals surface area contributed by atoms with Crippen molar-refractivity contribution in [2.75, 3.05) is 5.32 Å². The zero-order valence-corrected chi connectivity index (χ0v) is 9.57.